The molecule has 0 aliphatic carbocycles. The molecule has 1 N–H and O–H groups in total. The molecule has 3 aromatic rings. The fourth-order valence-electron chi connectivity index (χ4n) is 4.48. The van der Waals surface area contributed by atoms with Crippen molar-refractivity contribution < 1.29 is 19.0 Å². The third kappa shape index (κ3) is 6.89. The normalized spacial score (nSPS) is 15.5. The number of aryl methyl sites for hydroxylation is 1. The molecule has 188 valence electrons. The molecule has 0 amide bonds. The lowest BCUT2D eigenvalue weighted by Crippen LogP contribution is -2.44. The van der Waals surface area contributed by atoms with Crippen molar-refractivity contribution in [2.75, 3.05) is 45.9 Å². The van der Waals surface area contributed by atoms with E-state index in [2.05, 4.69) is 16.7 Å². The van der Waals surface area contributed by atoms with Crippen molar-refractivity contribution >= 4 is 0 Å². The van der Waals surface area contributed by atoms with Gasteiger partial charge in [0.05, 0.1) is 24.9 Å². The molecule has 1 fully saturated rings. The first-order chi connectivity index (χ1) is 17.0. The smallest absolute Gasteiger partial charge is 0.222 e. The summed E-state index contributed by atoms with van der Waals surface area (Å²) in [6, 6.07) is 16.0. The van der Waals surface area contributed by atoms with Crippen LogP contribution in [-0.4, -0.2) is 76.7 Å². The number of halogens is 1. The molecule has 0 bridgehead atoms. The van der Waals surface area contributed by atoms with Crippen molar-refractivity contribution in [2.24, 2.45) is 7.05 Å². The van der Waals surface area contributed by atoms with E-state index in [1.807, 2.05) is 37.4 Å². The van der Waals surface area contributed by atoms with Crippen LogP contribution in [0.1, 0.15) is 18.9 Å². The van der Waals surface area contributed by atoms with Crippen LogP contribution in [-0.2, 0) is 18.3 Å². The lowest BCUT2D eigenvalue weighted by atomic mass is 10.1. The van der Waals surface area contributed by atoms with Gasteiger partial charge in [-0.25, -0.2) is 9.07 Å². The number of morpholine rings is 1. The van der Waals surface area contributed by atoms with Gasteiger partial charge in [0, 0.05) is 45.3 Å². The van der Waals surface area contributed by atoms with Crippen LogP contribution in [0.5, 0.6) is 11.6 Å². The van der Waals surface area contributed by atoms with Crippen molar-refractivity contribution in [3.63, 3.8) is 0 Å². The number of hydrogen-bond acceptors (Lipinski definition) is 6. The number of hydrogen-bond donors (Lipinski definition) is 1. The molecule has 1 aliphatic rings. The quantitative estimate of drug-likeness (QED) is 0.447. The third-order valence-electron chi connectivity index (χ3n) is 6.13. The van der Waals surface area contributed by atoms with E-state index in [0.29, 0.717) is 44.5 Å². The summed E-state index contributed by atoms with van der Waals surface area (Å²) < 4.78 is 26.8. The van der Waals surface area contributed by atoms with Crippen LogP contribution >= 0.6 is 0 Å². The van der Waals surface area contributed by atoms with E-state index in [4.69, 9.17) is 14.6 Å². The molecular weight excluding hydrogens is 447 g/mol. The van der Waals surface area contributed by atoms with Crippen LogP contribution in [0.15, 0.2) is 54.6 Å². The Morgan fingerprint density at radius 2 is 1.83 bits per heavy atom. The third-order valence-corrected chi connectivity index (χ3v) is 6.13. The summed E-state index contributed by atoms with van der Waals surface area (Å²) in [5, 5.41) is 15.7. The van der Waals surface area contributed by atoms with Gasteiger partial charge >= 0.3 is 0 Å². The zero-order valence-electron chi connectivity index (χ0n) is 20.6. The van der Waals surface area contributed by atoms with Gasteiger partial charge in [-0.05, 0) is 37.2 Å². The molecule has 2 aromatic carbocycles. The number of aliphatic hydroxyl groups excluding tert-OH is 1. The summed E-state index contributed by atoms with van der Waals surface area (Å²) in [7, 11) is 1.85. The van der Waals surface area contributed by atoms with Gasteiger partial charge in [0.25, 0.3) is 0 Å². The highest BCUT2D eigenvalue weighted by Crippen LogP contribution is 2.34. The number of aliphatic hydroxyl groups is 1. The van der Waals surface area contributed by atoms with Gasteiger partial charge in [-0.1, -0.05) is 37.3 Å². The van der Waals surface area contributed by atoms with E-state index in [0.717, 1.165) is 42.9 Å². The number of nitrogens with zero attached hydrogens (tertiary/aromatic N) is 4. The van der Waals surface area contributed by atoms with Gasteiger partial charge in [-0.3, -0.25) is 9.80 Å². The number of benzene rings is 2. The first-order valence-electron chi connectivity index (χ1n) is 12.3. The van der Waals surface area contributed by atoms with Crippen LogP contribution in [0.2, 0.25) is 0 Å². The Bertz CT molecular complexity index is 1050. The zero-order valence-corrected chi connectivity index (χ0v) is 20.6. The van der Waals surface area contributed by atoms with E-state index < -0.39 is 6.10 Å². The summed E-state index contributed by atoms with van der Waals surface area (Å²) in [6.45, 7) is 7.84. The largest absolute Gasteiger partial charge is 0.439 e. The highest BCUT2D eigenvalue weighted by Gasteiger charge is 2.24. The maximum atomic E-state index is 13.4. The molecule has 1 atom stereocenters. The summed E-state index contributed by atoms with van der Waals surface area (Å²) in [5.74, 6) is 0.847. The molecule has 0 unspecified atom stereocenters. The second kappa shape index (κ2) is 12.3. The van der Waals surface area contributed by atoms with E-state index in [1.54, 1.807) is 16.8 Å². The number of rotatable bonds is 11. The molecular formula is C27H35FN4O3. The van der Waals surface area contributed by atoms with E-state index in [-0.39, 0.29) is 5.82 Å². The molecule has 4 rings (SSSR count). The summed E-state index contributed by atoms with van der Waals surface area (Å²) >= 11 is 0. The Kier molecular flexibility index (Phi) is 8.87. The molecule has 2 heterocycles. The van der Waals surface area contributed by atoms with Crippen molar-refractivity contribution in [1.29, 1.82) is 0 Å². The molecule has 0 saturated carbocycles. The molecule has 8 heteroatoms. The fourth-order valence-corrected chi connectivity index (χ4v) is 4.48. The van der Waals surface area contributed by atoms with Crippen LogP contribution < -0.4 is 4.74 Å². The molecule has 7 nitrogen and oxygen atoms in total. The van der Waals surface area contributed by atoms with Crippen molar-refractivity contribution in [2.45, 2.75) is 26.0 Å². The average molecular weight is 483 g/mol. The van der Waals surface area contributed by atoms with Crippen LogP contribution in [0.4, 0.5) is 4.39 Å². The van der Waals surface area contributed by atoms with Gasteiger partial charge in [0.2, 0.25) is 5.88 Å². The standard InChI is InChI=1S/C27H35FN4O3/c1-3-13-32(19-23(33)18-31-14-16-34-17-15-31)20-25-26(21-7-5-4-6-8-21)29-30(2)27(25)35-24-11-9-22(28)10-12-24/h4-12,23,33H,3,13-20H2,1-2H3/t23-/m0/s1. The Morgan fingerprint density at radius 3 is 2.51 bits per heavy atom. The highest BCUT2D eigenvalue weighted by molar-refractivity contribution is 5.65. The van der Waals surface area contributed by atoms with Gasteiger partial charge in [0.1, 0.15) is 17.3 Å². The highest BCUT2D eigenvalue weighted by atomic mass is 19.1. The number of ether oxygens (including phenoxy) is 2. The second-order valence-corrected chi connectivity index (χ2v) is 8.98. The number of β-amino-alcohol motifs (C(OH)–C–C–N with tert-alkyl or cyclic N) is 1. The predicted molar refractivity (Wildman–Crippen MR) is 134 cm³/mol. The Labute approximate surface area is 206 Å². The van der Waals surface area contributed by atoms with E-state index in [1.165, 1.54) is 12.1 Å². The predicted octanol–water partition coefficient (Wildman–Crippen LogP) is 3.92. The van der Waals surface area contributed by atoms with Crippen molar-refractivity contribution in [3.8, 4) is 22.9 Å². The lowest BCUT2D eigenvalue weighted by Gasteiger charge is -2.31. The minimum atomic E-state index is -0.474. The molecule has 0 radical (unpaired) electrons. The zero-order chi connectivity index (χ0) is 24.6. The average Bonchev–Trinajstić information content (AvgIpc) is 3.16. The van der Waals surface area contributed by atoms with Gasteiger partial charge in [-0.2, -0.15) is 5.10 Å². The Hall–Kier alpha value is -2.78. The Balaban J connectivity index is 1.59. The van der Waals surface area contributed by atoms with Crippen molar-refractivity contribution in [1.82, 2.24) is 19.6 Å². The molecule has 1 aromatic heterocycles. The molecule has 1 aliphatic heterocycles. The molecule has 35 heavy (non-hydrogen) atoms. The Morgan fingerprint density at radius 1 is 1.11 bits per heavy atom. The minimum Gasteiger partial charge on any atom is -0.439 e. The summed E-state index contributed by atoms with van der Waals surface area (Å²) in [5.41, 5.74) is 2.78. The van der Waals surface area contributed by atoms with Crippen LogP contribution in [0.25, 0.3) is 11.3 Å². The topological polar surface area (TPSA) is 63.0 Å². The van der Waals surface area contributed by atoms with Gasteiger partial charge in [0.15, 0.2) is 0 Å². The molecule has 1 saturated heterocycles. The van der Waals surface area contributed by atoms with E-state index in [9.17, 15) is 9.50 Å². The van der Waals surface area contributed by atoms with E-state index >= 15 is 0 Å². The molecule has 0 spiro atoms. The maximum Gasteiger partial charge on any atom is 0.222 e. The minimum absolute atomic E-state index is 0.309. The first kappa shape index (κ1) is 25.3. The van der Waals surface area contributed by atoms with Crippen LogP contribution in [0, 0.1) is 5.82 Å². The van der Waals surface area contributed by atoms with Crippen LogP contribution in [0.3, 0.4) is 0 Å². The summed E-state index contributed by atoms with van der Waals surface area (Å²) in [4.78, 5) is 4.51. The SMILES string of the molecule is CCCN(Cc1c(-c2ccccc2)nn(C)c1Oc1ccc(F)cc1)C[C@@H](O)CN1CCOCC1. The van der Waals surface area contributed by atoms with Gasteiger partial charge in [-0.15, -0.1) is 0 Å². The number of aromatic nitrogens is 2. The lowest BCUT2D eigenvalue weighted by molar-refractivity contribution is 0.00624. The fraction of sp³-hybridized carbons (Fsp3) is 0.444. The summed E-state index contributed by atoms with van der Waals surface area (Å²) in [6.07, 6.45) is 0.484. The maximum absolute atomic E-state index is 13.4. The second-order valence-electron chi connectivity index (χ2n) is 8.98. The monoisotopic (exact) mass is 482 g/mol. The first-order valence-corrected chi connectivity index (χ1v) is 12.3. The van der Waals surface area contributed by atoms with Gasteiger partial charge < -0.3 is 14.6 Å². The van der Waals surface area contributed by atoms with Crippen molar-refractivity contribution in [3.05, 3.63) is 66.0 Å².